The van der Waals surface area contributed by atoms with Crippen LogP contribution in [0.1, 0.15) is 11.1 Å². The summed E-state index contributed by atoms with van der Waals surface area (Å²) < 4.78 is 38.1. The van der Waals surface area contributed by atoms with E-state index in [1.54, 1.807) is 4.90 Å². The summed E-state index contributed by atoms with van der Waals surface area (Å²) in [6.07, 6.45) is -4.30. The van der Waals surface area contributed by atoms with Gasteiger partial charge in [-0.2, -0.15) is 13.2 Å². The van der Waals surface area contributed by atoms with E-state index >= 15 is 0 Å². The van der Waals surface area contributed by atoms with E-state index in [0.29, 0.717) is 38.3 Å². The molecule has 2 fully saturated rings. The zero-order valence-electron chi connectivity index (χ0n) is 18.9. The number of amides is 1. The second-order valence-electron chi connectivity index (χ2n) is 8.54. The third-order valence-corrected chi connectivity index (χ3v) is 6.34. The summed E-state index contributed by atoms with van der Waals surface area (Å²) >= 11 is 0. The van der Waals surface area contributed by atoms with E-state index in [4.69, 9.17) is 5.11 Å². The minimum absolute atomic E-state index is 0.0816. The highest BCUT2D eigenvalue weighted by atomic mass is 19.4. The molecular weight excluding hydrogens is 449 g/mol. The molecule has 34 heavy (non-hydrogen) atoms. The standard InChI is InChI=1S/C23H29F3N6O2/c24-23(25,26)19-3-1-18(2-4-19)17-22(34)32-13-11-31(12-14-32)21-6-5-20(27-28-21)30-9-7-29(8-10-30)15-16-33/h1-6,33H,7-17H2. The average Bonchev–Trinajstić information content (AvgIpc) is 2.85. The topological polar surface area (TPSA) is 76.0 Å². The molecule has 2 aliphatic rings. The molecule has 1 aromatic heterocycles. The Morgan fingerprint density at radius 2 is 1.35 bits per heavy atom. The van der Waals surface area contributed by atoms with Gasteiger partial charge in [-0.3, -0.25) is 9.69 Å². The Hall–Kier alpha value is -2.92. The summed E-state index contributed by atoms with van der Waals surface area (Å²) in [4.78, 5) is 20.8. The quantitative estimate of drug-likeness (QED) is 0.675. The molecule has 2 aromatic rings. The Morgan fingerprint density at radius 1 is 0.824 bits per heavy atom. The zero-order chi connectivity index (χ0) is 24.1. The molecule has 0 unspecified atom stereocenters. The van der Waals surface area contributed by atoms with Gasteiger partial charge in [0, 0.05) is 58.9 Å². The fraction of sp³-hybridized carbons (Fsp3) is 0.522. The Morgan fingerprint density at radius 3 is 1.82 bits per heavy atom. The molecule has 0 bridgehead atoms. The number of benzene rings is 1. The van der Waals surface area contributed by atoms with Gasteiger partial charge >= 0.3 is 6.18 Å². The molecule has 11 heteroatoms. The first-order chi connectivity index (χ1) is 16.3. The summed E-state index contributed by atoms with van der Waals surface area (Å²) in [5.41, 5.74) is -0.146. The van der Waals surface area contributed by atoms with E-state index in [1.165, 1.54) is 12.1 Å². The molecule has 0 radical (unpaired) electrons. The van der Waals surface area contributed by atoms with Crippen LogP contribution in [-0.2, 0) is 17.4 Å². The van der Waals surface area contributed by atoms with Crippen molar-refractivity contribution in [2.24, 2.45) is 0 Å². The number of nitrogens with zero attached hydrogens (tertiary/aromatic N) is 6. The highest BCUT2D eigenvalue weighted by molar-refractivity contribution is 5.79. The second-order valence-corrected chi connectivity index (χ2v) is 8.54. The molecule has 2 aliphatic heterocycles. The Kier molecular flexibility index (Phi) is 7.52. The van der Waals surface area contributed by atoms with Gasteiger partial charge < -0.3 is 19.8 Å². The predicted molar refractivity (Wildman–Crippen MR) is 122 cm³/mol. The number of carbonyl (C=O) groups is 1. The number of β-amino-alcohol motifs (C(OH)–C–C–N with tert-alkyl or cyclic N) is 1. The first-order valence-corrected chi connectivity index (χ1v) is 11.4. The summed E-state index contributed by atoms with van der Waals surface area (Å²) in [6, 6.07) is 8.66. The molecule has 4 rings (SSSR count). The van der Waals surface area contributed by atoms with Crippen molar-refractivity contribution < 1.29 is 23.1 Å². The molecule has 1 amide bonds. The van der Waals surface area contributed by atoms with Crippen LogP contribution in [0.25, 0.3) is 0 Å². The predicted octanol–water partition coefficient (Wildman–Crippen LogP) is 1.50. The van der Waals surface area contributed by atoms with Crippen molar-refractivity contribution >= 4 is 17.5 Å². The van der Waals surface area contributed by atoms with Crippen LogP contribution in [0.4, 0.5) is 24.8 Å². The number of hydrogen-bond acceptors (Lipinski definition) is 7. The summed E-state index contributed by atoms with van der Waals surface area (Å²) in [5, 5.41) is 17.8. The van der Waals surface area contributed by atoms with E-state index in [2.05, 4.69) is 24.9 Å². The molecule has 8 nitrogen and oxygen atoms in total. The maximum Gasteiger partial charge on any atom is 0.416 e. The van der Waals surface area contributed by atoms with Gasteiger partial charge in [-0.1, -0.05) is 12.1 Å². The van der Waals surface area contributed by atoms with Crippen LogP contribution in [0.3, 0.4) is 0 Å². The van der Waals surface area contributed by atoms with Gasteiger partial charge in [-0.25, -0.2) is 0 Å². The van der Waals surface area contributed by atoms with Crippen LogP contribution in [0.5, 0.6) is 0 Å². The SMILES string of the molecule is O=C(Cc1ccc(C(F)(F)F)cc1)N1CCN(c2ccc(N3CCN(CCO)CC3)nn2)CC1. The van der Waals surface area contributed by atoms with E-state index in [1.807, 2.05) is 12.1 Å². The van der Waals surface area contributed by atoms with Crippen molar-refractivity contribution in [1.82, 2.24) is 20.0 Å². The lowest BCUT2D eigenvalue weighted by Gasteiger charge is -2.36. The van der Waals surface area contributed by atoms with Gasteiger partial charge in [0.2, 0.25) is 5.91 Å². The van der Waals surface area contributed by atoms with Gasteiger partial charge in [-0.15, -0.1) is 10.2 Å². The third-order valence-electron chi connectivity index (χ3n) is 6.34. The van der Waals surface area contributed by atoms with Crippen molar-refractivity contribution in [2.75, 3.05) is 75.3 Å². The van der Waals surface area contributed by atoms with E-state index < -0.39 is 11.7 Å². The van der Waals surface area contributed by atoms with Crippen molar-refractivity contribution in [2.45, 2.75) is 12.6 Å². The molecule has 184 valence electrons. The number of anilines is 2. The Bertz CT molecular complexity index is 939. The maximum absolute atomic E-state index is 12.7. The smallest absolute Gasteiger partial charge is 0.395 e. The minimum atomic E-state index is -4.38. The number of aliphatic hydroxyl groups is 1. The van der Waals surface area contributed by atoms with Gasteiger partial charge in [0.25, 0.3) is 0 Å². The molecule has 0 atom stereocenters. The molecule has 2 saturated heterocycles. The number of hydrogen-bond donors (Lipinski definition) is 1. The third kappa shape index (κ3) is 5.95. The number of halogens is 3. The van der Waals surface area contributed by atoms with Crippen LogP contribution < -0.4 is 9.80 Å². The Balaban J connectivity index is 1.25. The van der Waals surface area contributed by atoms with Crippen molar-refractivity contribution in [3.8, 4) is 0 Å². The first-order valence-electron chi connectivity index (χ1n) is 11.4. The molecule has 1 aromatic carbocycles. The molecule has 0 spiro atoms. The number of carbonyl (C=O) groups excluding carboxylic acids is 1. The van der Waals surface area contributed by atoms with Gasteiger partial charge in [0.15, 0.2) is 11.6 Å². The molecule has 0 aliphatic carbocycles. The average molecular weight is 479 g/mol. The highest BCUT2D eigenvalue weighted by Gasteiger charge is 2.30. The maximum atomic E-state index is 12.7. The van der Waals surface area contributed by atoms with E-state index in [0.717, 1.165) is 49.9 Å². The van der Waals surface area contributed by atoms with Crippen molar-refractivity contribution in [3.63, 3.8) is 0 Å². The van der Waals surface area contributed by atoms with Gasteiger partial charge in [0.1, 0.15) is 0 Å². The van der Waals surface area contributed by atoms with Crippen molar-refractivity contribution in [1.29, 1.82) is 0 Å². The molecule has 1 N–H and O–H groups in total. The summed E-state index contributed by atoms with van der Waals surface area (Å²) in [5.74, 6) is 1.50. The summed E-state index contributed by atoms with van der Waals surface area (Å²) in [6.45, 7) is 6.59. The van der Waals surface area contributed by atoms with Gasteiger partial charge in [-0.05, 0) is 29.8 Å². The lowest BCUT2D eigenvalue weighted by molar-refractivity contribution is -0.137. The lowest BCUT2D eigenvalue weighted by Crippen LogP contribution is -2.49. The normalized spacial score (nSPS) is 17.8. The lowest BCUT2D eigenvalue weighted by atomic mass is 10.1. The first kappa shape index (κ1) is 24.2. The highest BCUT2D eigenvalue weighted by Crippen LogP contribution is 2.29. The minimum Gasteiger partial charge on any atom is -0.395 e. The second kappa shape index (κ2) is 10.6. The van der Waals surface area contributed by atoms with Crippen LogP contribution in [-0.4, -0.2) is 96.5 Å². The monoisotopic (exact) mass is 478 g/mol. The fourth-order valence-corrected chi connectivity index (χ4v) is 4.28. The van der Waals surface area contributed by atoms with Crippen LogP contribution in [0, 0.1) is 0 Å². The van der Waals surface area contributed by atoms with Crippen LogP contribution in [0.2, 0.25) is 0 Å². The number of piperazine rings is 2. The van der Waals surface area contributed by atoms with E-state index in [-0.39, 0.29) is 18.9 Å². The number of aromatic nitrogens is 2. The fourth-order valence-electron chi connectivity index (χ4n) is 4.28. The molecular formula is C23H29F3N6O2. The van der Waals surface area contributed by atoms with Gasteiger partial charge in [0.05, 0.1) is 18.6 Å². The summed E-state index contributed by atoms with van der Waals surface area (Å²) in [7, 11) is 0. The number of aliphatic hydroxyl groups excluding tert-OH is 1. The van der Waals surface area contributed by atoms with E-state index in [9.17, 15) is 18.0 Å². The van der Waals surface area contributed by atoms with Crippen molar-refractivity contribution in [3.05, 3.63) is 47.5 Å². The molecule has 3 heterocycles. The largest absolute Gasteiger partial charge is 0.416 e. The molecule has 0 saturated carbocycles. The zero-order valence-corrected chi connectivity index (χ0v) is 18.9. The van der Waals surface area contributed by atoms with Crippen LogP contribution in [0.15, 0.2) is 36.4 Å². The number of rotatable bonds is 6. The Labute approximate surface area is 196 Å². The van der Waals surface area contributed by atoms with Crippen LogP contribution >= 0.6 is 0 Å². The number of alkyl halides is 3.